The molecule has 18 nitrogen and oxygen atoms in total. The van der Waals surface area contributed by atoms with Gasteiger partial charge >= 0.3 is 11.9 Å². The molecule has 0 saturated heterocycles. The number of nitrogens with one attached hydrogen (secondary N) is 3. The molecule has 0 aliphatic heterocycles. The number of methoxy groups -OCH3 is 2. The Kier molecular flexibility index (Phi) is 22.8. The van der Waals surface area contributed by atoms with Crippen LogP contribution in [-0.4, -0.2) is 141 Å². The van der Waals surface area contributed by atoms with Gasteiger partial charge in [-0.25, -0.2) is 14.6 Å². The molecular weight excluding hydrogens is 695 g/mol. The topological polar surface area (TPSA) is 280 Å². The lowest BCUT2D eigenvalue weighted by Crippen LogP contribution is -2.52. The van der Waals surface area contributed by atoms with Gasteiger partial charge in [-0.3, -0.25) is 23.7 Å². The quantitative estimate of drug-likeness (QED) is 0.0344. The third-order valence-electron chi connectivity index (χ3n) is 5.61. The summed E-state index contributed by atoms with van der Waals surface area (Å²) in [6, 6.07) is 0.326. The number of nitrogens with zero attached hydrogens (tertiary/aromatic N) is 2. The van der Waals surface area contributed by atoms with Crippen molar-refractivity contribution in [1.82, 2.24) is 25.8 Å². The molecule has 1 aromatic rings. The first kappa shape index (κ1) is 44.5. The molecule has 0 saturated carbocycles. The van der Waals surface area contributed by atoms with Crippen LogP contribution in [0.3, 0.4) is 0 Å². The molecule has 1 rings (SSSR count). The second-order valence-electron chi connectivity index (χ2n) is 9.95. The number of esters is 2. The summed E-state index contributed by atoms with van der Waals surface area (Å²) in [5.41, 5.74) is 10.6. The van der Waals surface area contributed by atoms with Crippen molar-refractivity contribution in [3.63, 3.8) is 0 Å². The Bertz CT molecular complexity index is 1300. The zero-order valence-electron chi connectivity index (χ0n) is 27.3. The van der Waals surface area contributed by atoms with E-state index in [1.165, 1.54) is 31.1 Å². The van der Waals surface area contributed by atoms with E-state index in [1.54, 1.807) is 17.8 Å². The van der Waals surface area contributed by atoms with Crippen LogP contribution in [-0.2, 0) is 43.6 Å². The summed E-state index contributed by atoms with van der Waals surface area (Å²) in [5.74, 6) is -2.08. The van der Waals surface area contributed by atoms with Crippen LogP contribution in [0.5, 0.6) is 0 Å². The largest absolute Gasteiger partial charge is 0.467 e. The van der Waals surface area contributed by atoms with Crippen molar-refractivity contribution in [3.8, 4) is 0 Å². The first-order valence-corrected chi connectivity index (χ1v) is 18.0. The van der Waals surface area contributed by atoms with Crippen LogP contribution in [0.2, 0.25) is 0 Å². The predicted molar refractivity (Wildman–Crippen MR) is 180 cm³/mol. The van der Waals surface area contributed by atoms with E-state index < -0.39 is 58.3 Å². The van der Waals surface area contributed by atoms with Crippen LogP contribution in [0.15, 0.2) is 23.4 Å². The monoisotopic (exact) mass is 739 g/mol. The number of carbonyl (C=O) groups excluding carboxylic acids is 6. The minimum Gasteiger partial charge on any atom is -0.467 e. The number of thioether (sulfide) groups is 2. The first-order valence-electron chi connectivity index (χ1n) is 14.3. The molecule has 2 atom stereocenters. The van der Waals surface area contributed by atoms with E-state index in [-0.39, 0.29) is 30.2 Å². The highest BCUT2D eigenvalue weighted by Crippen LogP contribution is 2.16. The fraction of sp³-hybridized carbons (Fsp3) is 0.593. The molecule has 1 heterocycles. The Morgan fingerprint density at radius 2 is 1.65 bits per heavy atom. The van der Waals surface area contributed by atoms with Crippen molar-refractivity contribution in [2.75, 3.05) is 71.0 Å². The highest BCUT2D eigenvalue weighted by Gasteiger charge is 2.25. The zero-order chi connectivity index (χ0) is 36.7. The SMILES string of the molecule is CN(C)CCSCCC(=O)NCCC(N)=O.COC(=O)c1ccc(SCCC(=O)NC(CNC(=O)C(N)CS(=O)(=O)O)C(=O)OC)nc1. The van der Waals surface area contributed by atoms with E-state index in [4.69, 9.17) is 16.0 Å². The fourth-order valence-electron chi connectivity index (χ4n) is 3.12. The molecular formula is C27H45N7O11S3. The smallest absolute Gasteiger partial charge is 0.339 e. The average Bonchev–Trinajstić information content (AvgIpc) is 3.01. The maximum atomic E-state index is 12.1. The standard InChI is InChI=1S/C17H24N4O9S2.C10H21N3O2S/c1-29-16(24)10-3-4-14(19-7-10)31-6-5-13(22)21-12(17(25)30-2)8-20-15(23)11(18)9-32(26,27)28;1-13(2)6-8-16-7-4-10(15)12-5-3-9(11)14/h3-4,7,11-12H,5-6,8-9,18H2,1-2H3,(H,20,23)(H,21,22)(H,26,27,28);3-8H2,1-2H3,(H2,11,14)(H,12,15). The van der Waals surface area contributed by atoms with Crippen LogP contribution in [0.1, 0.15) is 29.6 Å². The maximum absolute atomic E-state index is 12.1. The number of rotatable bonds is 21. The molecule has 48 heavy (non-hydrogen) atoms. The molecule has 0 aliphatic carbocycles. The van der Waals surface area contributed by atoms with Crippen molar-refractivity contribution in [2.24, 2.45) is 11.5 Å². The molecule has 8 N–H and O–H groups in total. The highest BCUT2D eigenvalue weighted by molar-refractivity contribution is 7.99. The second kappa shape index (κ2) is 24.6. The summed E-state index contributed by atoms with van der Waals surface area (Å²) in [6.45, 7) is 0.963. The highest BCUT2D eigenvalue weighted by atomic mass is 32.2. The Labute approximate surface area is 288 Å². The lowest BCUT2D eigenvalue weighted by molar-refractivity contribution is -0.145. The molecule has 21 heteroatoms. The number of ether oxygens (including phenoxy) is 2. The summed E-state index contributed by atoms with van der Waals surface area (Å²) in [4.78, 5) is 75.0. The van der Waals surface area contributed by atoms with Gasteiger partial charge in [0.05, 0.1) is 30.6 Å². The summed E-state index contributed by atoms with van der Waals surface area (Å²) in [7, 11) is 1.93. The minimum atomic E-state index is -4.47. The van der Waals surface area contributed by atoms with Gasteiger partial charge < -0.3 is 41.8 Å². The Morgan fingerprint density at radius 3 is 2.19 bits per heavy atom. The van der Waals surface area contributed by atoms with E-state index in [9.17, 15) is 37.2 Å². The van der Waals surface area contributed by atoms with Gasteiger partial charge in [0.2, 0.25) is 23.6 Å². The molecule has 0 aliphatic rings. The number of aromatic nitrogens is 1. The Morgan fingerprint density at radius 1 is 0.979 bits per heavy atom. The number of hydrogen-bond acceptors (Lipinski definition) is 15. The molecule has 0 aromatic carbocycles. The van der Waals surface area contributed by atoms with Crippen LogP contribution >= 0.6 is 23.5 Å². The number of hydrogen-bond donors (Lipinski definition) is 6. The van der Waals surface area contributed by atoms with Crippen LogP contribution in [0.25, 0.3) is 0 Å². The van der Waals surface area contributed by atoms with Crippen molar-refractivity contribution >= 4 is 69.2 Å². The minimum absolute atomic E-state index is 0.00515. The first-order chi connectivity index (χ1) is 22.5. The number of primary amides is 1. The molecule has 0 radical (unpaired) electrons. The molecule has 4 amide bonds. The summed E-state index contributed by atoms with van der Waals surface area (Å²) < 4.78 is 39.4. The van der Waals surface area contributed by atoms with Crippen LogP contribution in [0.4, 0.5) is 0 Å². The van der Waals surface area contributed by atoms with Crippen LogP contribution in [0, 0.1) is 0 Å². The number of nitrogens with two attached hydrogens (primary N) is 2. The second-order valence-corrected chi connectivity index (χ2v) is 13.8. The molecule has 272 valence electrons. The summed E-state index contributed by atoms with van der Waals surface area (Å²) in [6.07, 6.45) is 2.04. The number of pyridine rings is 1. The molecule has 1 aromatic heterocycles. The summed E-state index contributed by atoms with van der Waals surface area (Å²) >= 11 is 2.99. The van der Waals surface area contributed by atoms with Gasteiger partial charge in [0, 0.05) is 62.4 Å². The van der Waals surface area contributed by atoms with Crippen molar-refractivity contribution in [2.45, 2.75) is 36.4 Å². The lowest BCUT2D eigenvalue weighted by Gasteiger charge is -2.18. The van der Waals surface area contributed by atoms with Gasteiger partial charge in [0.15, 0.2) is 0 Å². The number of amides is 4. The molecule has 0 spiro atoms. The van der Waals surface area contributed by atoms with E-state index in [0.717, 1.165) is 25.2 Å². The Hall–Kier alpha value is -3.50. The Balaban J connectivity index is 0.00000116. The third kappa shape index (κ3) is 22.9. The maximum Gasteiger partial charge on any atom is 0.339 e. The van der Waals surface area contributed by atoms with E-state index >= 15 is 0 Å². The van der Waals surface area contributed by atoms with Gasteiger partial charge in [-0.05, 0) is 26.2 Å². The zero-order valence-corrected chi connectivity index (χ0v) is 29.7. The molecule has 0 bridgehead atoms. The van der Waals surface area contributed by atoms with Crippen LogP contribution < -0.4 is 27.4 Å². The summed E-state index contributed by atoms with van der Waals surface area (Å²) in [5, 5.41) is 7.83. The van der Waals surface area contributed by atoms with Gasteiger partial charge in [-0.15, -0.1) is 11.8 Å². The van der Waals surface area contributed by atoms with E-state index in [2.05, 4.69) is 35.3 Å². The van der Waals surface area contributed by atoms with Gasteiger partial charge in [-0.2, -0.15) is 20.2 Å². The van der Waals surface area contributed by atoms with Gasteiger partial charge in [-0.1, -0.05) is 0 Å². The van der Waals surface area contributed by atoms with Crippen molar-refractivity contribution in [3.05, 3.63) is 23.9 Å². The lowest BCUT2D eigenvalue weighted by atomic mass is 10.2. The van der Waals surface area contributed by atoms with Crippen molar-refractivity contribution in [1.29, 1.82) is 0 Å². The van der Waals surface area contributed by atoms with Gasteiger partial charge in [0.1, 0.15) is 12.1 Å². The normalized spacial score (nSPS) is 12.1. The van der Waals surface area contributed by atoms with E-state index in [0.29, 0.717) is 23.7 Å². The fourth-order valence-corrected chi connectivity index (χ4v) is 5.54. The van der Waals surface area contributed by atoms with Crippen molar-refractivity contribution < 1.29 is 51.2 Å². The van der Waals surface area contributed by atoms with E-state index in [1.807, 2.05) is 14.1 Å². The average molecular weight is 740 g/mol. The third-order valence-corrected chi connectivity index (χ3v) is 8.30. The van der Waals surface area contributed by atoms with Gasteiger partial charge in [0.25, 0.3) is 10.1 Å². The number of carbonyl (C=O) groups is 6. The molecule has 2 unspecified atom stereocenters. The molecule has 0 fully saturated rings. The predicted octanol–water partition coefficient (Wildman–Crippen LogP) is -2.00.